The molecule has 4 aromatic rings. The van der Waals surface area contributed by atoms with Crippen LogP contribution in [0.1, 0.15) is 19.2 Å². The van der Waals surface area contributed by atoms with Gasteiger partial charge in [-0.15, -0.1) is 10.2 Å². The van der Waals surface area contributed by atoms with Crippen molar-refractivity contribution in [1.82, 2.24) is 34.1 Å². The number of alkyl halides is 2. The van der Waals surface area contributed by atoms with E-state index in [0.717, 1.165) is 29.6 Å². The zero-order valence-electron chi connectivity index (χ0n) is 19.2. The van der Waals surface area contributed by atoms with Crippen LogP contribution < -0.4 is 5.32 Å². The molecule has 9 nitrogen and oxygen atoms in total. The first-order valence-electron chi connectivity index (χ1n) is 11.2. The number of nitrogens with zero attached hydrogens (tertiary/aromatic N) is 7. The number of hydrogen-bond acceptors (Lipinski definition) is 6. The number of anilines is 2. The van der Waals surface area contributed by atoms with E-state index in [4.69, 9.17) is 16.3 Å². The number of rotatable bonds is 6. The lowest BCUT2D eigenvalue weighted by atomic mass is 9.94. The van der Waals surface area contributed by atoms with Crippen molar-refractivity contribution in [2.24, 2.45) is 7.05 Å². The number of aromatic nitrogens is 7. The van der Waals surface area contributed by atoms with Crippen molar-refractivity contribution in [3.63, 3.8) is 0 Å². The maximum atomic E-state index is 13.6. The Hall–Kier alpha value is -3.31. The van der Waals surface area contributed by atoms with Crippen molar-refractivity contribution < 1.29 is 13.5 Å². The summed E-state index contributed by atoms with van der Waals surface area (Å²) in [5.74, 6) is -0.127. The summed E-state index contributed by atoms with van der Waals surface area (Å²) < 4.78 is 38.5. The molecule has 0 saturated carbocycles. The third kappa shape index (κ3) is 3.79. The van der Waals surface area contributed by atoms with Gasteiger partial charge in [-0.05, 0) is 19.1 Å². The van der Waals surface area contributed by atoms with Crippen molar-refractivity contribution in [2.45, 2.75) is 37.8 Å². The van der Waals surface area contributed by atoms with Gasteiger partial charge in [0.05, 0.1) is 36.7 Å². The summed E-state index contributed by atoms with van der Waals surface area (Å²) in [6.07, 6.45) is 5.20. The Morgan fingerprint density at radius 1 is 1.26 bits per heavy atom. The van der Waals surface area contributed by atoms with Crippen LogP contribution in [0.3, 0.4) is 0 Å². The summed E-state index contributed by atoms with van der Waals surface area (Å²) in [4.78, 5) is 4.39. The summed E-state index contributed by atoms with van der Waals surface area (Å²) in [5, 5.41) is 16.6. The molecule has 1 N–H and O–H groups in total. The van der Waals surface area contributed by atoms with Crippen LogP contribution in [0.2, 0.25) is 5.02 Å². The Bertz CT molecular complexity index is 1420. The molecular weight excluding hydrogens is 478 g/mol. The molecule has 2 aliphatic rings. The Morgan fingerprint density at radius 3 is 2.77 bits per heavy atom. The highest BCUT2D eigenvalue weighted by molar-refractivity contribution is 6.33. The molecule has 0 radical (unpaired) electrons. The van der Waals surface area contributed by atoms with E-state index >= 15 is 0 Å². The SMILES string of the molecule is Cn1nccc1Nc1cc(-c2cc3n(c2)CC2(COC2)n2c(CCC(C)(F)F)nnc2-3)c(Cl)cn1. The van der Waals surface area contributed by atoms with Crippen LogP contribution in [-0.4, -0.2) is 53.2 Å². The molecule has 2 aliphatic heterocycles. The number of aryl methyl sites for hydroxylation is 2. The lowest BCUT2D eigenvalue weighted by Crippen LogP contribution is -2.57. The summed E-state index contributed by atoms with van der Waals surface area (Å²) >= 11 is 6.55. The highest BCUT2D eigenvalue weighted by Crippen LogP contribution is 2.42. The standard InChI is InChI=1S/C23H23ClF2N8O/c1-22(25,26)5-3-20-30-31-21-17-7-14(10-33(17)11-23(34(20)21)12-35-13-23)15-8-18(27-9-16(15)24)29-19-4-6-28-32(19)2/h4,6-10H,3,5,11-13H2,1-2H3,(H,27,29). The van der Waals surface area contributed by atoms with Crippen molar-refractivity contribution in [3.8, 4) is 22.6 Å². The van der Waals surface area contributed by atoms with Gasteiger partial charge in [-0.1, -0.05) is 11.6 Å². The van der Waals surface area contributed by atoms with Gasteiger partial charge in [-0.3, -0.25) is 9.25 Å². The third-order valence-corrected chi connectivity index (χ3v) is 6.87. The summed E-state index contributed by atoms with van der Waals surface area (Å²) in [6, 6.07) is 5.74. The molecule has 0 aliphatic carbocycles. The minimum absolute atomic E-state index is 0.144. The predicted octanol–water partition coefficient (Wildman–Crippen LogP) is 4.27. The molecule has 0 aromatic carbocycles. The Morgan fingerprint density at radius 2 is 2.09 bits per heavy atom. The molecule has 1 saturated heterocycles. The summed E-state index contributed by atoms with van der Waals surface area (Å²) in [5.41, 5.74) is 2.18. The van der Waals surface area contributed by atoms with Gasteiger partial charge in [-0.25, -0.2) is 13.8 Å². The quantitative estimate of drug-likeness (QED) is 0.425. The number of hydrogen-bond donors (Lipinski definition) is 1. The van der Waals surface area contributed by atoms with Gasteiger partial charge in [0.15, 0.2) is 5.82 Å². The first-order chi connectivity index (χ1) is 16.7. The van der Waals surface area contributed by atoms with E-state index in [1.54, 1.807) is 17.1 Å². The van der Waals surface area contributed by atoms with Gasteiger partial charge in [0.2, 0.25) is 5.92 Å². The lowest BCUT2D eigenvalue weighted by molar-refractivity contribution is -0.113. The van der Waals surface area contributed by atoms with Crippen molar-refractivity contribution in [3.05, 3.63) is 47.6 Å². The first-order valence-corrected chi connectivity index (χ1v) is 11.6. The molecule has 4 aromatic heterocycles. The molecule has 35 heavy (non-hydrogen) atoms. The number of ether oxygens (including phenoxy) is 1. The fraction of sp³-hybridized carbons (Fsp3) is 0.391. The average molecular weight is 501 g/mol. The molecule has 6 rings (SSSR count). The summed E-state index contributed by atoms with van der Waals surface area (Å²) in [6.45, 7) is 2.52. The largest absolute Gasteiger partial charge is 0.376 e. The van der Waals surface area contributed by atoms with Gasteiger partial charge in [0, 0.05) is 49.5 Å². The normalized spacial score (nSPS) is 16.1. The molecule has 182 valence electrons. The molecule has 1 spiro atoms. The van der Waals surface area contributed by atoms with E-state index in [2.05, 4.69) is 30.2 Å². The molecule has 12 heteroatoms. The monoisotopic (exact) mass is 500 g/mol. The second-order valence-corrected chi connectivity index (χ2v) is 9.73. The maximum absolute atomic E-state index is 13.6. The molecule has 6 heterocycles. The van der Waals surface area contributed by atoms with Crippen LogP contribution in [0.15, 0.2) is 36.8 Å². The van der Waals surface area contributed by atoms with Crippen molar-refractivity contribution in [1.29, 1.82) is 0 Å². The van der Waals surface area contributed by atoms with E-state index in [-0.39, 0.29) is 18.4 Å². The highest BCUT2D eigenvalue weighted by atomic mass is 35.5. The number of nitrogens with one attached hydrogen (secondary N) is 1. The molecule has 0 unspecified atom stereocenters. The topological polar surface area (TPSA) is 87.6 Å². The molecule has 0 atom stereocenters. The van der Waals surface area contributed by atoms with Gasteiger partial charge in [0.1, 0.15) is 23.0 Å². The van der Waals surface area contributed by atoms with Crippen LogP contribution in [0.25, 0.3) is 22.6 Å². The highest BCUT2D eigenvalue weighted by Gasteiger charge is 2.47. The van der Waals surface area contributed by atoms with Crippen LogP contribution in [0, 0.1) is 0 Å². The van der Waals surface area contributed by atoms with E-state index in [1.807, 2.05) is 36.0 Å². The van der Waals surface area contributed by atoms with E-state index < -0.39 is 5.92 Å². The van der Waals surface area contributed by atoms with Crippen molar-refractivity contribution in [2.75, 3.05) is 18.5 Å². The first kappa shape index (κ1) is 22.2. The molecule has 1 fully saturated rings. The second-order valence-electron chi connectivity index (χ2n) is 9.32. The number of fused-ring (bicyclic) bond motifs is 4. The zero-order valence-corrected chi connectivity index (χ0v) is 19.9. The number of halogens is 3. The molecule has 0 bridgehead atoms. The molecule has 0 amide bonds. The fourth-order valence-electron chi connectivity index (χ4n) is 4.75. The Kier molecular flexibility index (Phi) is 4.98. The van der Waals surface area contributed by atoms with Crippen LogP contribution in [0.5, 0.6) is 0 Å². The second kappa shape index (κ2) is 7.85. The fourth-order valence-corrected chi connectivity index (χ4v) is 4.96. The summed E-state index contributed by atoms with van der Waals surface area (Å²) in [7, 11) is 1.84. The van der Waals surface area contributed by atoms with E-state index in [0.29, 0.717) is 42.2 Å². The zero-order chi connectivity index (χ0) is 24.4. The smallest absolute Gasteiger partial charge is 0.245 e. The van der Waals surface area contributed by atoms with Crippen LogP contribution in [0.4, 0.5) is 20.4 Å². The number of pyridine rings is 1. The van der Waals surface area contributed by atoms with Gasteiger partial charge in [-0.2, -0.15) is 5.10 Å². The molecular formula is C23H23ClF2N8O. The van der Waals surface area contributed by atoms with Gasteiger partial charge in [0.25, 0.3) is 0 Å². The maximum Gasteiger partial charge on any atom is 0.245 e. The van der Waals surface area contributed by atoms with E-state index in [9.17, 15) is 8.78 Å². The van der Waals surface area contributed by atoms with Crippen LogP contribution >= 0.6 is 11.6 Å². The van der Waals surface area contributed by atoms with Gasteiger partial charge < -0.3 is 14.6 Å². The Labute approximate surface area is 204 Å². The van der Waals surface area contributed by atoms with E-state index in [1.165, 1.54) is 0 Å². The average Bonchev–Trinajstić information content (AvgIpc) is 3.49. The third-order valence-electron chi connectivity index (χ3n) is 6.57. The van der Waals surface area contributed by atoms with Gasteiger partial charge >= 0.3 is 0 Å². The van der Waals surface area contributed by atoms with Crippen LogP contribution in [-0.2, 0) is 30.3 Å². The Balaban J connectivity index is 1.38. The van der Waals surface area contributed by atoms with Crippen molar-refractivity contribution >= 4 is 23.2 Å². The minimum atomic E-state index is -2.77. The minimum Gasteiger partial charge on any atom is -0.376 e. The predicted molar refractivity (Wildman–Crippen MR) is 126 cm³/mol. The lowest BCUT2D eigenvalue weighted by Gasteiger charge is -2.46.